The Kier molecular flexibility index (Phi) is 5.40. The number of rotatable bonds is 3. The monoisotopic (exact) mass is 465 g/mol. The lowest BCUT2D eigenvalue weighted by Crippen LogP contribution is -2.49. The van der Waals surface area contributed by atoms with Crippen LogP contribution < -0.4 is 10.9 Å². The summed E-state index contributed by atoms with van der Waals surface area (Å²) in [6, 6.07) is 10.4. The van der Waals surface area contributed by atoms with E-state index in [-0.39, 0.29) is 30.3 Å². The molecule has 0 radical (unpaired) electrons. The quantitative estimate of drug-likeness (QED) is 0.611. The van der Waals surface area contributed by atoms with Gasteiger partial charge in [0.1, 0.15) is 0 Å². The van der Waals surface area contributed by atoms with Gasteiger partial charge < -0.3 is 15.2 Å². The second kappa shape index (κ2) is 8.29. The van der Waals surface area contributed by atoms with Gasteiger partial charge in [-0.25, -0.2) is 13.2 Å². The van der Waals surface area contributed by atoms with E-state index >= 15 is 4.39 Å². The molecule has 3 aromatic rings. The van der Waals surface area contributed by atoms with Crippen molar-refractivity contribution in [1.82, 2.24) is 15.2 Å². The van der Waals surface area contributed by atoms with Crippen LogP contribution in [0.3, 0.4) is 0 Å². The zero-order valence-electron chi connectivity index (χ0n) is 18.4. The molecule has 34 heavy (non-hydrogen) atoms. The van der Waals surface area contributed by atoms with Crippen LogP contribution >= 0.6 is 0 Å². The third-order valence-electron chi connectivity index (χ3n) is 6.55. The van der Waals surface area contributed by atoms with Gasteiger partial charge in [-0.1, -0.05) is 42.5 Å². The van der Waals surface area contributed by atoms with Crippen LogP contribution in [0.15, 0.2) is 65.5 Å². The number of carbonyl (C=O) groups excluding carboxylic acids is 1. The number of amides is 1. The second-order valence-electron chi connectivity index (χ2n) is 8.68. The van der Waals surface area contributed by atoms with Crippen molar-refractivity contribution in [3.05, 3.63) is 99.5 Å². The van der Waals surface area contributed by atoms with Crippen LogP contribution in [0.5, 0.6) is 0 Å². The van der Waals surface area contributed by atoms with E-state index in [9.17, 15) is 18.4 Å². The van der Waals surface area contributed by atoms with Gasteiger partial charge in [0.05, 0.1) is 11.4 Å². The molecule has 2 unspecified atom stereocenters. The minimum absolute atomic E-state index is 0.0211. The van der Waals surface area contributed by atoms with Crippen LogP contribution in [0.2, 0.25) is 0 Å². The molecule has 0 bridgehead atoms. The summed E-state index contributed by atoms with van der Waals surface area (Å²) in [6.07, 6.45) is 4.44. The Balaban J connectivity index is 1.53. The zero-order valence-corrected chi connectivity index (χ0v) is 18.4. The Hall–Kier alpha value is -3.65. The van der Waals surface area contributed by atoms with Gasteiger partial charge in [0, 0.05) is 37.8 Å². The number of fused-ring (bicyclic) bond motifs is 3. The molecular formula is C26H22F3N3O2. The predicted octanol–water partition coefficient (Wildman–Crippen LogP) is 4.16. The van der Waals surface area contributed by atoms with Gasteiger partial charge in [-0.05, 0) is 34.7 Å². The molecule has 1 aromatic heterocycles. The summed E-state index contributed by atoms with van der Waals surface area (Å²) in [5.41, 5.74) is -0.376. The van der Waals surface area contributed by atoms with Gasteiger partial charge in [0.2, 0.25) is 5.67 Å². The predicted molar refractivity (Wildman–Crippen MR) is 124 cm³/mol. The standard InChI is InChI=1S/C26H22F3N3O2/c1-32(25(34)26(29)9-5-8-16(12-26)15-6-3-2-4-7-15)22-14-30-13-21-23(22)17-10-19(27)20(28)11-18(17)24(33)31-21/h2-11,22,30H,12-14H2,1H3,(H,31,33). The number of aromatic amines is 1. The largest absolute Gasteiger partial charge is 0.334 e. The fourth-order valence-electron chi connectivity index (χ4n) is 4.82. The Morgan fingerprint density at radius 2 is 1.82 bits per heavy atom. The van der Waals surface area contributed by atoms with Crippen molar-refractivity contribution in [3.8, 4) is 0 Å². The first kappa shape index (κ1) is 22.2. The van der Waals surface area contributed by atoms with Gasteiger partial charge in [0.25, 0.3) is 11.5 Å². The third-order valence-corrected chi connectivity index (χ3v) is 6.55. The highest BCUT2D eigenvalue weighted by Gasteiger charge is 2.43. The first-order valence-electron chi connectivity index (χ1n) is 10.9. The molecule has 2 heterocycles. The van der Waals surface area contributed by atoms with Crippen molar-refractivity contribution in [2.45, 2.75) is 24.7 Å². The van der Waals surface area contributed by atoms with Crippen LogP contribution in [0.25, 0.3) is 16.3 Å². The van der Waals surface area contributed by atoms with Gasteiger partial charge >= 0.3 is 0 Å². The Labute approximate surface area is 193 Å². The molecule has 2 aromatic carbocycles. The fourth-order valence-corrected chi connectivity index (χ4v) is 4.82. The Morgan fingerprint density at radius 3 is 2.56 bits per heavy atom. The van der Waals surface area contributed by atoms with Crippen LogP contribution in [-0.2, 0) is 11.3 Å². The van der Waals surface area contributed by atoms with Gasteiger partial charge in [-0.15, -0.1) is 0 Å². The average molecular weight is 465 g/mol. The molecule has 2 N–H and O–H groups in total. The fraction of sp³-hybridized carbons (Fsp3) is 0.231. The highest BCUT2D eigenvalue weighted by molar-refractivity contribution is 5.92. The SMILES string of the molecule is CN(C(=O)C1(F)C=CC=C(c2ccccc2)C1)C1CNCc2[nH]c(=O)c3cc(F)c(F)cc3c21. The molecule has 174 valence electrons. The molecule has 5 rings (SSSR count). The molecule has 1 aliphatic heterocycles. The van der Waals surface area contributed by atoms with Crippen molar-refractivity contribution in [2.75, 3.05) is 13.6 Å². The summed E-state index contributed by atoms with van der Waals surface area (Å²) in [5, 5.41) is 3.30. The van der Waals surface area contributed by atoms with E-state index in [2.05, 4.69) is 10.3 Å². The van der Waals surface area contributed by atoms with Gasteiger partial charge in [-0.3, -0.25) is 9.59 Å². The number of nitrogens with zero attached hydrogens (tertiary/aromatic N) is 1. The maximum Gasteiger partial charge on any atom is 0.264 e. The molecule has 0 fully saturated rings. The minimum atomic E-state index is -2.28. The van der Waals surface area contributed by atoms with E-state index < -0.39 is 34.8 Å². The summed E-state index contributed by atoms with van der Waals surface area (Å²) in [4.78, 5) is 29.9. The summed E-state index contributed by atoms with van der Waals surface area (Å²) in [6.45, 7) is 0.538. The van der Waals surface area contributed by atoms with E-state index in [4.69, 9.17) is 0 Å². The molecule has 0 saturated heterocycles. The van der Waals surface area contributed by atoms with E-state index in [1.807, 2.05) is 30.3 Å². The lowest BCUT2D eigenvalue weighted by Gasteiger charge is -2.38. The maximum atomic E-state index is 16.1. The maximum absolute atomic E-state index is 16.1. The number of aromatic nitrogens is 1. The molecule has 2 aliphatic rings. The number of carbonyl (C=O) groups is 1. The number of nitrogens with one attached hydrogen (secondary N) is 2. The highest BCUT2D eigenvalue weighted by Crippen LogP contribution is 2.38. The Morgan fingerprint density at radius 1 is 1.12 bits per heavy atom. The van der Waals surface area contributed by atoms with Crippen molar-refractivity contribution in [3.63, 3.8) is 0 Å². The molecule has 0 saturated carbocycles. The topological polar surface area (TPSA) is 65.2 Å². The Bertz CT molecular complexity index is 1410. The van der Waals surface area contributed by atoms with E-state index in [0.29, 0.717) is 16.8 Å². The zero-order chi connectivity index (χ0) is 24.0. The van der Waals surface area contributed by atoms with E-state index in [1.165, 1.54) is 24.1 Å². The van der Waals surface area contributed by atoms with Gasteiger partial charge in [0.15, 0.2) is 11.6 Å². The van der Waals surface area contributed by atoms with Crippen LogP contribution in [0, 0.1) is 11.6 Å². The lowest BCUT2D eigenvalue weighted by atomic mass is 9.85. The first-order chi connectivity index (χ1) is 16.3. The van der Waals surface area contributed by atoms with Crippen molar-refractivity contribution < 1.29 is 18.0 Å². The lowest BCUT2D eigenvalue weighted by molar-refractivity contribution is -0.141. The average Bonchev–Trinajstić information content (AvgIpc) is 2.84. The normalized spacial score (nSPS) is 21.8. The van der Waals surface area contributed by atoms with Crippen LogP contribution in [0.4, 0.5) is 13.2 Å². The third kappa shape index (κ3) is 3.64. The first-order valence-corrected chi connectivity index (χ1v) is 10.9. The minimum Gasteiger partial charge on any atom is -0.334 e. The summed E-state index contributed by atoms with van der Waals surface area (Å²) in [5.74, 6) is -2.99. The molecule has 0 spiro atoms. The number of hydrogen-bond donors (Lipinski definition) is 2. The number of allylic oxidation sites excluding steroid dienone is 3. The van der Waals surface area contributed by atoms with Crippen molar-refractivity contribution in [2.24, 2.45) is 0 Å². The number of halogens is 3. The molecule has 5 nitrogen and oxygen atoms in total. The summed E-state index contributed by atoms with van der Waals surface area (Å²) < 4.78 is 44.1. The van der Waals surface area contributed by atoms with Gasteiger partial charge in [-0.2, -0.15) is 0 Å². The summed E-state index contributed by atoms with van der Waals surface area (Å²) >= 11 is 0. The van der Waals surface area contributed by atoms with Crippen LogP contribution in [0.1, 0.15) is 29.3 Å². The molecule has 2 atom stereocenters. The highest BCUT2D eigenvalue weighted by atomic mass is 19.2. The van der Waals surface area contributed by atoms with E-state index in [1.54, 1.807) is 6.08 Å². The number of H-pyrrole nitrogens is 1. The number of hydrogen-bond acceptors (Lipinski definition) is 3. The molecule has 1 aliphatic carbocycles. The second-order valence-corrected chi connectivity index (χ2v) is 8.68. The van der Waals surface area contributed by atoms with Crippen LogP contribution in [-0.4, -0.2) is 35.1 Å². The number of alkyl halides is 1. The van der Waals surface area contributed by atoms with Crippen molar-refractivity contribution >= 4 is 22.3 Å². The smallest absolute Gasteiger partial charge is 0.264 e. The van der Waals surface area contributed by atoms with E-state index in [0.717, 1.165) is 17.7 Å². The number of benzene rings is 2. The summed E-state index contributed by atoms with van der Waals surface area (Å²) in [7, 11) is 1.48. The number of likely N-dealkylation sites (N-methyl/N-ethyl adjacent to an activating group) is 1. The molecule has 8 heteroatoms. The number of pyridine rings is 1. The van der Waals surface area contributed by atoms with Crippen molar-refractivity contribution in [1.29, 1.82) is 0 Å². The molecule has 1 amide bonds. The molecular weight excluding hydrogens is 443 g/mol.